The van der Waals surface area contributed by atoms with Crippen LogP contribution in [0.1, 0.15) is 0 Å². The first-order valence-corrected chi connectivity index (χ1v) is 7.44. The Morgan fingerprint density at radius 2 is 1.48 bits per heavy atom. The van der Waals surface area contributed by atoms with E-state index in [9.17, 15) is 0 Å². The van der Waals surface area contributed by atoms with E-state index in [2.05, 4.69) is 11.1 Å². The Hall–Kier alpha value is -3.07. The second kappa shape index (κ2) is 5.61. The highest BCUT2D eigenvalue weighted by atomic mass is 16.5. The lowest BCUT2D eigenvalue weighted by molar-refractivity contribution is 0.415. The first kappa shape index (κ1) is 13.6. The summed E-state index contributed by atoms with van der Waals surface area (Å²) in [4.78, 5) is 4.61. The topological polar surface area (TPSA) is 35.3 Å². The maximum Gasteiger partial charge on any atom is 0.227 e. The third-order valence-electron chi connectivity index (χ3n) is 3.85. The summed E-state index contributed by atoms with van der Waals surface area (Å²) in [5, 5.41) is 0. The molecule has 1 heterocycles. The maximum absolute atomic E-state index is 5.93. The molecule has 0 N–H and O–H groups in total. The summed E-state index contributed by atoms with van der Waals surface area (Å²) in [5.74, 6) is 1.48. The third kappa shape index (κ3) is 2.46. The molecule has 0 amide bonds. The molecule has 0 bridgehead atoms. The predicted octanol–water partition coefficient (Wildman–Crippen LogP) is 5.17. The minimum atomic E-state index is 0.637. The van der Waals surface area contributed by atoms with Gasteiger partial charge in [-0.2, -0.15) is 0 Å². The van der Waals surface area contributed by atoms with Crippen molar-refractivity contribution in [3.05, 3.63) is 72.8 Å². The number of rotatable bonds is 3. The van der Waals surface area contributed by atoms with Crippen LogP contribution in [0.15, 0.2) is 77.2 Å². The molecule has 0 fully saturated rings. The van der Waals surface area contributed by atoms with E-state index in [4.69, 9.17) is 9.15 Å². The van der Waals surface area contributed by atoms with Crippen molar-refractivity contribution in [2.75, 3.05) is 7.11 Å². The number of nitrogens with zero attached hydrogens (tertiary/aromatic N) is 1. The Balaban J connectivity index is 1.85. The molecule has 0 spiro atoms. The molecule has 0 radical (unpaired) electrons. The number of fused-ring (bicyclic) bond motifs is 1. The summed E-state index contributed by atoms with van der Waals surface area (Å²) in [6, 6.07) is 23.9. The highest BCUT2D eigenvalue weighted by Gasteiger charge is 2.13. The van der Waals surface area contributed by atoms with Crippen LogP contribution in [0.2, 0.25) is 0 Å². The molecule has 0 aliphatic carbocycles. The van der Waals surface area contributed by atoms with E-state index in [1.807, 2.05) is 66.7 Å². The number of oxazole rings is 1. The molecule has 0 saturated heterocycles. The largest absolute Gasteiger partial charge is 0.497 e. The van der Waals surface area contributed by atoms with Gasteiger partial charge in [-0.1, -0.05) is 42.5 Å². The third-order valence-corrected chi connectivity index (χ3v) is 3.85. The Bertz CT molecular complexity index is 922. The van der Waals surface area contributed by atoms with Crippen LogP contribution in [0.3, 0.4) is 0 Å². The van der Waals surface area contributed by atoms with Crippen LogP contribution in [0.5, 0.6) is 5.75 Å². The van der Waals surface area contributed by atoms with Gasteiger partial charge in [-0.15, -0.1) is 0 Å². The molecule has 4 rings (SSSR count). The van der Waals surface area contributed by atoms with Crippen molar-refractivity contribution in [2.45, 2.75) is 0 Å². The van der Waals surface area contributed by atoms with Crippen LogP contribution in [0.25, 0.3) is 33.7 Å². The van der Waals surface area contributed by atoms with Crippen LogP contribution in [0.4, 0.5) is 0 Å². The molecule has 0 unspecified atom stereocenters. The molecule has 4 aromatic rings. The van der Waals surface area contributed by atoms with Crippen molar-refractivity contribution in [3.63, 3.8) is 0 Å². The van der Waals surface area contributed by atoms with Crippen molar-refractivity contribution < 1.29 is 9.15 Å². The zero-order valence-electron chi connectivity index (χ0n) is 12.7. The zero-order valence-corrected chi connectivity index (χ0v) is 12.7. The van der Waals surface area contributed by atoms with Gasteiger partial charge in [-0.3, -0.25) is 0 Å². The average molecular weight is 301 g/mol. The SMILES string of the molecule is COc1ccc(-c2ccccc2-c2nc3ccccc3o2)cc1. The quantitative estimate of drug-likeness (QED) is 0.523. The molecule has 3 nitrogen and oxygen atoms in total. The van der Waals surface area contributed by atoms with Gasteiger partial charge in [0.15, 0.2) is 5.58 Å². The lowest BCUT2D eigenvalue weighted by Gasteiger charge is -2.07. The Labute approximate surface area is 134 Å². The molecular weight excluding hydrogens is 286 g/mol. The van der Waals surface area contributed by atoms with E-state index < -0.39 is 0 Å². The number of benzene rings is 3. The smallest absolute Gasteiger partial charge is 0.227 e. The fourth-order valence-corrected chi connectivity index (χ4v) is 2.68. The summed E-state index contributed by atoms with van der Waals surface area (Å²) in [5.41, 5.74) is 4.83. The zero-order chi connectivity index (χ0) is 15.6. The van der Waals surface area contributed by atoms with E-state index in [1.165, 1.54) is 0 Å². The Morgan fingerprint density at radius 1 is 0.783 bits per heavy atom. The van der Waals surface area contributed by atoms with Crippen LogP contribution in [-0.2, 0) is 0 Å². The van der Waals surface area contributed by atoms with Gasteiger partial charge >= 0.3 is 0 Å². The van der Waals surface area contributed by atoms with Crippen molar-refractivity contribution in [2.24, 2.45) is 0 Å². The summed E-state index contributed by atoms with van der Waals surface area (Å²) in [7, 11) is 1.67. The molecule has 0 saturated carbocycles. The lowest BCUT2D eigenvalue weighted by atomic mass is 9.99. The van der Waals surface area contributed by atoms with E-state index in [0.717, 1.165) is 33.5 Å². The fraction of sp³-hybridized carbons (Fsp3) is 0.0500. The summed E-state index contributed by atoms with van der Waals surface area (Å²) < 4.78 is 11.2. The number of aromatic nitrogens is 1. The fourth-order valence-electron chi connectivity index (χ4n) is 2.68. The van der Waals surface area contributed by atoms with Gasteiger partial charge in [-0.05, 0) is 41.5 Å². The standard InChI is InChI=1S/C20H15NO2/c1-22-15-12-10-14(11-13-15)16-6-2-3-7-17(16)20-21-18-8-4-5-9-19(18)23-20/h2-13H,1H3. The molecule has 0 aliphatic heterocycles. The molecule has 0 aliphatic rings. The number of ether oxygens (including phenoxy) is 1. The van der Waals surface area contributed by atoms with Crippen LogP contribution >= 0.6 is 0 Å². The molecule has 3 heteroatoms. The second-order valence-electron chi connectivity index (χ2n) is 5.26. The average Bonchev–Trinajstić information content (AvgIpc) is 3.06. The van der Waals surface area contributed by atoms with Gasteiger partial charge in [0.1, 0.15) is 11.3 Å². The van der Waals surface area contributed by atoms with Gasteiger partial charge in [0.05, 0.1) is 7.11 Å². The van der Waals surface area contributed by atoms with Gasteiger partial charge < -0.3 is 9.15 Å². The first-order valence-electron chi connectivity index (χ1n) is 7.44. The van der Waals surface area contributed by atoms with E-state index in [1.54, 1.807) is 7.11 Å². The van der Waals surface area contributed by atoms with Gasteiger partial charge in [-0.25, -0.2) is 4.98 Å². The van der Waals surface area contributed by atoms with E-state index in [0.29, 0.717) is 5.89 Å². The highest BCUT2D eigenvalue weighted by molar-refractivity contribution is 5.83. The van der Waals surface area contributed by atoms with Crippen LogP contribution < -0.4 is 4.74 Å². The van der Waals surface area contributed by atoms with Crippen LogP contribution in [-0.4, -0.2) is 12.1 Å². The maximum atomic E-state index is 5.93. The minimum absolute atomic E-state index is 0.637. The Morgan fingerprint density at radius 3 is 2.22 bits per heavy atom. The lowest BCUT2D eigenvalue weighted by Crippen LogP contribution is -1.86. The molecule has 3 aromatic carbocycles. The molecular formula is C20H15NO2. The number of methoxy groups -OCH3 is 1. The normalized spacial score (nSPS) is 10.8. The Kier molecular flexibility index (Phi) is 3.31. The predicted molar refractivity (Wildman–Crippen MR) is 91.4 cm³/mol. The van der Waals surface area contributed by atoms with Crippen molar-refractivity contribution >= 4 is 11.1 Å². The summed E-state index contributed by atoms with van der Waals surface area (Å²) in [6.07, 6.45) is 0. The monoisotopic (exact) mass is 301 g/mol. The second-order valence-corrected chi connectivity index (χ2v) is 5.26. The number of para-hydroxylation sites is 2. The first-order chi connectivity index (χ1) is 11.3. The van der Waals surface area contributed by atoms with Gasteiger partial charge in [0.2, 0.25) is 5.89 Å². The number of hydrogen-bond acceptors (Lipinski definition) is 3. The minimum Gasteiger partial charge on any atom is -0.497 e. The van der Waals surface area contributed by atoms with Gasteiger partial charge in [0, 0.05) is 5.56 Å². The number of hydrogen-bond donors (Lipinski definition) is 0. The van der Waals surface area contributed by atoms with Crippen molar-refractivity contribution in [3.8, 4) is 28.3 Å². The molecule has 23 heavy (non-hydrogen) atoms. The molecule has 1 aromatic heterocycles. The van der Waals surface area contributed by atoms with Crippen molar-refractivity contribution in [1.29, 1.82) is 0 Å². The van der Waals surface area contributed by atoms with Crippen molar-refractivity contribution in [1.82, 2.24) is 4.98 Å². The summed E-state index contributed by atoms with van der Waals surface area (Å²) in [6.45, 7) is 0. The molecule has 112 valence electrons. The van der Waals surface area contributed by atoms with E-state index >= 15 is 0 Å². The summed E-state index contributed by atoms with van der Waals surface area (Å²) >= 11 is 0. The van der Waals surface area contributed by atoms with E-state index in [-0.39, 0.29) is 0 Å². The molecule has 0 atom stereocenters. The highest BCUT2D eigenvalue weighted by Crippen LogP contribution is 2.33. The van der Waals surface area contributed by atoms with Crippen LogP contribution in [0, 0.1) is 0 Å². The van der Waals surface area contributed by atoms with Gasteiger partial charge in [0.25, 0.3) is 0 Å².